The van der Waals surface area contributed by atoms with Gasteiger partial charge in [0.2, 0.25) is 0 Å². The van der Waals surface area contributed by atoms with E-state index in [4.69, 9.17) is 8.54 Å². The Labute approximate surface area is 107 Å². The molecule has 0 N–H and O–H groups in total. The SMILES string of the molecule is C.C.C.C.C[Si]1(C)CCCCO[Si](C)(C)O1. The van der Waals surface area contributed by atoms with Gasteiger partial charge in [-0.1, -0.05) is 36.1 Å². The minimum absolute atomic E-state index is 0. The molecule has 0 saturated carbocycles. The van der Waals surface area contributed by atoms with E-state index >= 15 is 0 Å². The first-order valence-corrected chi connectivity index (χ1v) is 10.7. The number of rotatable bonds is 0. The van der Waals surface area contributed by atoms with Crippen molar-refractivity contribution in [2.24, 2.45) is 0 Å². The maximum Gasteiger partial charge on any atom is 0.321 e. The average Bonchev–Trinajstić information content (AvgIpc) is 1.80. The Hall–Kier alpha value is 0.354. The molecular formula is C12H36O2Si2. The highest BCUT2D eigenvalue weighted by atomic mass is 28.4. The van der Waals surface area contributed by atoms with Gasteiger partial charge >= 0.3 is 8.56 Å². The summed E-state index contributed by atoms with van der Waals surface area (Å²) >= 11 is 0. The second-order valence-corrected chi connectivity index (χ2v) is 12.5. The lowest BCUT2D eigenvalue weighted by Gasteiger charge is -2.35. The molecule has 1 fully saturated rings. The van der Waals surface area contributed by atoms with Gasteiger partial charge in [0.05, 0.1) is 0 Å². The van der Waals surface area contributed by atoms with Crippen LogP contribution in [0.25, 0.3) is 0 Å². The van der Waals surface area contributed by atoms with E-state index in [-0.39, 0.29) is 29.7 Å². The highest BCUT2D eigenvalue weighted by Crippen LogP contribution is 2.24. The standard InChI is InChI=1S/C8H20O2Si2.4CH4/c1-11(2)8-6-5-7-9-12(3,4)10-11;;;;/h5-8H2,1-4H3;4*1H4. The first-order chi connectivity index (χ1) is 5.41. The molecule has 1 saturated heterocycles. The van der Waals surface area contributed by atoms with Gasteiger partial charge in [0.25, 0.3) is 0 Å². The van der Waals surface area contributed by atoms with E-state index in [1.807, 2.05) is 0 Å². The van der Waals surface area contributed by atoms with Gasteiger partial charge in [-0.2, -0.15) is 0 Å². The third-order valence-electron chi connectivity index (χ3n) is 2.14. The zero-order valence-corrected chi connectivity index (χ0v) is 10.6. The van der Waals surface area contributed by atoms with E-state index in [1.165, 1.54) is 18.9 Å². The summed E-state index contributed by atoms with van der Waals surface area (Å²) in [4.78, 5) is 0. The Bertz CT molecular complexity index is 143. The van der Waals surface area contributed by atoms with Crippen LogP contribution in [-0.4, -0.2) is 23.5 Å². The van der Waals surface area contributed by atoms with Crippen LogP contribution in [0.5, 0.6) is 0 Å². The topological polar surface area (TPSA) is 18.5 Å². The predicted molar refractivity (Wildman–Crippen MR) is 83.0 cm³/mol. The lowest BCUT2D eigenvalue weighted by molar-refractivity contribution is 0.231. The molecule has 104 valence electrons. The third-order valence-corrected chi connectivity index (χ3v) is 8.78. The molecule has 16 heavy (non-hydrogen) atoms. The average molecular weight is 269 g/mol. The fourth-order valence-corrected chi connectivity index (χ4v) is 9.42. The Morgan fingerprint density at radius 1 is 0.812 bits per heavy atom. The maximum atomic E-state index is 6.12. The van der Waals surface area contributed by atoms with Crippen molar-refractivity contribution in [1.82, 2.24) is 0 Å². The molecule has 0 aromatic heterocycles. The summed E-state index contributed by atoms with van der Waals surface area (Å²) in [6.45, 7) is 9.83. The van der Waals surface area contributed by atoms with Gasteiger partial charge in [-0.15, -0.1) is 0 Å². The summed E-state index contributed by atoms with van der Waals surface area (Å²) in [6.07, 6.45) is 2.50. The van der Waals surface area contributed by atoms with Gasteiger partial charge < -0.3 is 8.54 Å². The van der Waals surface area contributed by atoms with E-state index in [1.54, 1.807) is 0 Å². The maximum absolute atomic E-state index is 6.12. The first-order valence-electron chi connectivity index (χ1n) is 4.75. The van der Waals surface area contributed by atoms with Crippen molar-refractivity contribution in [2.45, 2.75) is 74.8 Å². The van der Waals surface area contributed by atoms with Crippen LogP contribution in [0.2, 0.25) is 32.2 Å². The monoisotopic (exact) mass is 268 g/mol. The van der Waals surface area contributed by atoms with E-state index in [0.29, 0.717) is 0 Å². The van der Waals surface area contributed by atoms with Crippen LogP contribution in [0.1, 0.15) is 42.5 Å². The number of hydrogen-bond acceptors (Lipinski definition) is 2. The molecule has 0 unspecified atom stereocenters. The van der Waals surface area contributed by atoms with Crippen molar-refractivity contribution in [3.8, 4) is 0 Å². The fraction of sp³-hybridized carbons (Fsp3) is 1.00. The largest absolute Gasteiger partial charge is 0.436 e. The molecule has 0 aromatic rings. The zero-order chi connectivity index (χ0) is 9.24. The Balaban J connectivity index is -0.000000180. The smallest absolute Gasteiger partial charge is 0.321 e. The van der Waals surface area contributed by atoms with Crippen LogP contribution in [0.3, 0.4) is 0 Å². The van der Waals surface area contributed by atoms with Crippen molar-refractivity contribution in [3.63, 3.8) is 0 Å². The van der Waals surface area contributed by atoms with E-state index in [2.05, 4.69) is 26.2 Å². The molecule has 2 nitrogen and oxygen atoms in total. The molecule has 0 radical (unpaired) electrons. The lowest BCUT2D eigenvalue weighted by Crippen LogP contribution is -2.47. The molecule has 4 heteroatoms. The number of hydrogen-bond donors (Lipinski definition) is 0. The van der Waals surface area contributed by atoms with Crippen LogP contribution < -0.4 is 0 Å². The van der Waals surface area contributed by atoms with Crippen molar-refractivity contribution < 1.29 is 8.54 Å². The fourth-order valence-electron chi connectivity index (χ4n) is 1.72. The predicted octanol–water partition coefficient (Wildman–Crippen LogP) is 5.26. The summed E-state index contributed by atoms with van der Waals surface area (Å²) in [7, 11) is -3.12. The molecule has 1 rings (SSSR count). The van der Waals surface area contributed by atoms with Crippen LogP contribution >= 0.6 is 0 Å². The van der Waals surface area contributed by atoms with Crippen molar-refractivity contribution in [2.75, 3.05) is 6.61 Å². The van der Waals surface area contributed by atoms with E-state index < -0.39 is 16.9 Å². The Morgan fingerprint density at radius 2 is 1.31 bits per heavy atom. The molecule has 1 aliphatic heterocycles. The molecule has 0 atom stereocenters. The van der Waals surface area contributed by atoms with Crippen LogP contribution in [-0.2, 0) is 8.54 Å². The highest BCUT2D eigenvalue weighted by Gasteiger charge is 2.35. The molecular weight excluding hydrogens is 232 g/mol. The minimum atomic E-state index is -1.75. The van der Waals surface area contributed by atoms with E-state index in [9.17, 15) is 0 Å². The molecule has 1 aliphatic rings. The first kappa shape index (κ1) is 25.3. The normalized spacial score (nSPS) is 21.8. The zero-order valence-electron chi connectivity index (χ0n) is 8.64. The van der Waals surface area contributed by atoms with Gasteiger partial charge in [-0.3, -0.25) is 0 Å². The summed E-state index contributed by atoms with van der Waals surface area (Å²) in [5.41, 5.74) is 0. The van der Waals surface area contributed by atoms with Crippen molar-refractivity contribution in [3.05, 3.63) is 0 Å². The minimum Gasteiger partial charge on any atom is -0.436 e. The molecule has 0 spiro atoms. The molecule has 0 aliphatic carbocycles. The van der Waals surface area contributed by atoms with Crippen molar-refractivity contribution >= 4 is 16.9 Å². The van der Waals surface area contributed by atoms with E-state index in [0.717, 1.165) is 6.61 Å². The Morgan fingerprint density at radius 3 is 1.81 bits per heavy atom. The van der Waals surface area contributed by atoms with Crippen molar-refractivity contribution in [1.29, 1.82) is 0 Å². The summed E-state index contributed by atoms with van der Waals surface area (Å²) in [5.74, 6) is 0. The second-order valence-electron chi connectivity index (χ2n) is 4.57. The van der Waals surface area contributed by atoms with Crippen LogP contribution in [0.4, 0.5) is 0 Å². The van der Waals surface area contributed by atoms with Crippen LogP contribution in [0.15, 0.2) is 0 Å². The Kier molecular flexibility index (Phi) is 14.8. The van der Waals surface area contributed by atoms with Gasteiger partial charge in [0, 0.05) is 6.61 Å². The molecule has 0 aromatic carbocycles. The highest BCUT2D eigenvalue weighted by molar-refractivity contribution is 6.82. The van der Waals surface area contributed by atoms with Gasteiger partial charge in [0.15, 0.2) is 8.32 Å². The molecule has 0 bridgehead atoms. The quantitative estimate of drug-likeness (QED) is 0.558. The van der Waals surface area contributed by atoms with Gasteiger partial charge in [0.1, 0.15) is 0 Å². The summed E-state index contributed by atoms with van der Waals surface area (Å²) in [6, 6.07) is 1.30. The second kappa shape index (κ2) is 9.39. The van der Waals surface area contributed by atoms with Gasteiger partial charge in [-0.25, -0.2) is 0 Å². The lowest BCUT2D eigenvalue weighted by atomic mass is 10.4. The van der Waals surface area contributed by atoms with Crippen LogP contribution in [0, 0.1) is 0 Å². The van der Waals surface area contributed by atoms with Gasteiger partial charge in [-0.05, 0) is 38.7 Å². The summed E-state index contributed by atoms with van der Waals surface area (Å²) < 4.78 is 11.9. The molecule has 0 amide bonds. The third kappa shape index (κ3) is 9.57. The summed E-state index contributed by atoms with van der Waals surface area (Å²) in [5, 5.41) is 0. The molecule has 1 heterocycles.